The molecule has 2 N–H and O–H groups in total. The molecule has 0 saturated carbocycles. The van der Waals surface area contributed by atoms with Gasteiger partial charge in [0.1, 0.15) is 11.4 Å². The molecule has 246 valence electrons. The van der Waals surface area contributed by atoms with Crippen molar-refractivity contribution in [2.24, 2.45) is 0 Å². The van der Waals surface area contributed by atoms with Crippen LogP contribution in [0.25, 0.3) is 0 Å². The molecule has 3 amide bonds. The number of carbonyl (C=O) groups is 3. The summed E-state index contributed by atoms with van der Waals surface area (Å²) in [6.07, 6.45) is -6.69. The van der Waals surface area contributed by atoms with E-state index in [2.05, 4.69) is 10.6 Å². The zero-order valence-electron chi connectivity index (χ0n) is 25.2. The number of piperazine rings is 1. The Morgan fingerprint density at radius 1 is 1.00 bits per heavy atom. The number of nitrogens with one attached hydrogen (secondary N) is 2. The number of rotatable bonds is 7. The molecule has 15 heteroatoms. The molecular weight excluding hydrogens is 622 g/mol. The average molecular weight is 658 g/mol. The molecule has 2 aliphatic heterocycles. The standard InChI is InChI=1S/C30H36ClF4N5O5/c1-29(2,3)45-28(43)40-14-15-44-25(18-40)27(42)36-20-5-6-21(22(32)17-20)26(41)37-23-7-4-19(31)16-24(23)39-12-10-38(11-13-39)9-8-30(33,34)35/h4-7,16-17,25H,8-15,18H2,1-3H3,(H,36,42)(H,37,41)/t25-/m0/s1. The topological polar surface area (TPSA) is 103 Å². The lowest BCUT2D eigenvalue weighted by Crippen LogP contribution is -2.51. The Morgan fingerprint density at radius 3 is 2.36 bits per heavy atom. The van der Waals surface area contributed by atoms with Gasteiger partial charge < -0.3 is 29.9 Å². The predicted octanol–water partition coefficient (Wildman–Crippen LogP) is 5.38. The van der Waals surface area contributed by atoms with Crippen LogP contribution in [0, 0.1) is 5.82 Å². The lowest BCUT2D eigenvalue weighted by Gasteiger charge is -2.37. The van der Waals surface area contributed by atoms with Gasteiger partial charge in [-0.3, -0.25) is 14.5 Å². The number of nitrogens with zero attached hydrogens (tertiary/aromatic N) is 3. The summed E-state index contributed by atoms with van der Waals surface area (Å²) < 4.78 is 63.8. The highest BCUT2D eigenvalue weighted by Crippen LogP contribution is 2.31. The zero-order chi connectivity index (χ0) is 32.9. The van der Waals surface area contributed by atoms with Crippen molar-refractivity contribution < 1.29 is 41.4 Å². The van der Waals surface area contributed by atoms with E-state index in [1.165, 1.54) is 17.0 Å². The van der Waals surface area contributed by atoms with Crippen LogP contribution in [0.4, 0.5) is 39.4 Å². The Balaban J connectivity index is 1.37. The number of anilines is 3. The number of amides is 3. The van der Waals surface area contributed by atoms with Gasteiger partial charge in [0.2, 0.25) is 0 Å². The summed E-state index contributed by atoms with van der Waals surface area (Å²) in [5.41, 5.74) is 0.0157. The molecule has 2 aliphatic rings. The molecule has 0 aliphatic carbocycles. The molecule has 2 aromatic carbocycles. The summed E-state index contributed by atoms with van der Waals surface area (Å²) in [7, 11) is 0. The Morgan fingerprint density at radius 2 is 1.71 bits per heavy atom. The molecular formula is C30H36ClF4N5O5. The van der Waals surface area contributed by atoms with Crippen LogP contribution in [0.2, 0.25) is 5.02 Å². The smallest absolute Gasteiger partial charge is 0.410 e. The van der Waals surface area contributed by atoms with Crippen molar-refractivity contribution in [2.75, 3.05) is 68.0 Å². The third-order valence-corrected chi connectivity index (χ3v) is 7.36. The third kappa shape index (κ3) is 9.93. The molecule has 2 aromatic rings. The molecule has 10 nitrogen and oxygen atoms in total. The number of benzene rings is 2. The minimum Gasteiger partial charge on any atom is -0.444 e. The van der Waals surface area contributed by atoms with Gasteiger partial charge in [-0.25, -0.2) is 9.18 Å². The van der Waals surface area contributed by atoms with Gasteiger partial charge in [0.25, 0.3) is 11.8 Å². The fourth-order valence-corrected chi connectivity index (χ4v) is 5.03. The number of halogens is 5. The summed E-state index contributed by atoms with van der Waals surface area (Å²) in [6, 6.07) is 8.37. The van der Waals surface area contributed by atoms with Crippen molar-refractivity contribution in [3.63, 3.8) is 0 Å². The Bertz CT molecular complexity index is 1400. The quantitative estimate of drug-likeness (QED) is 0.386. The Hall–Kier alpha value is -3.62. The molecule has 2 heterocycles. The number of hydrogen-bond acceptors (Lipinski definition) is 7. The van der Waals surface area contributed by atoms with Gasteiger partial charge in [0, 0.05) is 50.0 Å². The van der Waals surface area contributed by atoms with Crippen LogP contribution in [0.1, 0.15) is 37.6 Å². The van der Waals surface area contributed by atoms with Crippen molar-refractivity contribution in [1.29, 1.82) is 0 Å². The normalized spacial score (nSPS) is 18.0. The van der Waals surface area contributed by atoms with Crippen LogP contribution in [-0.2, 0) is 14.3 Å². The van der Waals surface area contributed by atoms with E-state index < -0.39 is 48.0 Å². The third-order valence-electron chi connectivity index (χ3n) is 7.12. The van der Waals surface area contributed by atoms with Crippen molar-refractivity contribution >= 4 is 46.6 Å². The van der Waals surface area contributed by atoms with Crippen molar-refractivity contribution in [2.45, 2.75) is 45.1 Å². The van der Waals surface area contributed by atoms with Gasteiger partial charge in [-0.2, -0.15) is 13.2 Å². The molecule has 0 bridgehead atoms. The van der Waals surface area contributed by atoms with Crippen molar-refractivity contribution in [3.8, 4) is 0 Å². The molecule has 0 spiro atoms. The SMILES string of the molecule is CC(C)(C)OC(=O)N1CCO[C@H](C(=O)Nc2ccc(C(=O)Nc3ccc(Cl)cc3N3CCN(CCC(F)(F)F)CC3)c(F)c2)C1. The first-order valence-electron chi connectivity index (χ1n) is 14.4. The number of carbonyl (C=O) groups excluding carboxylic acids is 3. The number of alkyl halides is 3. The molecule has 45 heavy (non-hydrogen) atoms. The summed E-state index contributed by atoms with van der Waals surface area (Å²) in [5, 5.41) is 5.64. The van der Waals surface area contributed by atoms with Gasteiger partial charge in [-0.05, 0) is 57.2 Å². The van der Waals surface area contributed by atoms with Gasteiger partial charge in [0.05, 0.1) is 36.5 Å². The second-order valence-corrected chi connectivity index (χ2v) is 12.2. The van der Waals surface area contributed by atoms with Crippen LogP contribution >= 0.6 is 11.6 Å². The minimum absolute atomic E-state index is 0.0459. The highest BCUT2D eigenvalue weighted by Gasteiger charge is 2.32. The lowest BCUT2D eigenvalue weighted by atomic mass is 10.1. The van der Waals surface area contributed by atoms with Crippen LogP contribution in [0.3, 0.4) is 0 Å². The fourth-order valence-electron chi connectivity index (χ4n) is 4.86. The van der Waals surface area contributed by atoms with Crippen LogP contribution in [-0.4, -0.2) is 98.0 Å². The molecule has 4 rings (SSSR count). The van der Waals surface area contributed by atoms with E-state index in [0.29, 0.717) is 42.6 Å². The van der Waals surface area contributed by atoms with E-state index in [4.69, 9.17) is 21.1 Å². The van der Waals surface area contributed by atoms with Crippen LogP contribution in [0.5, 0.6) is 0 Å². The summed E-state index contributed by atoms with van der Waals surface area (Å²) in [4.78, 5) is 43.3. The summed E-state index contributed by atoms with van der Waals surface area (Å²) in [6.45, 7) is 7.03. The molecule has 0 unspecified atom stereocenters. The molecule has 1 atom stereocenters. The van der Waals surface area contributed by atoms with Gasteiger partial charge >= 0.3 is 12.3 Å². The summed E-state index contributed by atoms with van der Waals surface area (Å²) in [5.74, 6) is -2.23. The van der Waals surface area contributed by atoms with E-state index >= 15 is 4.39 Å². The fraction of sp³-hybridized carbons (Fsp3) is 0.500. The highest BCUT2D eigenvalue weighted by molar-refractivity contribution is 6.31. The molecule has 0 aromatic heterocycles. The van der Waals surface area contributed by atoms with Gasteiger partial charge in [-0.15, -0.1) is 0 Å². The largest absolute Gasteiger partial charge is 0.444 e. The Labute approximate surface area is 263 Å². The van der Waals surface area contributed by atoms with E-state index in [9.17, 15) is 27.6 Å². The maximum Gasteiger partial charge on any atom is 0.410 e. The maximum atomic E-state index is 15.1. The van der Waals surface area contributed by atoms with Crippen LogP contribution < -0.4 is 15.5 Å². The number of hydrogen-bond donors (Lipinski definition) is 2. The van der Waals surface area contributed by atoms with Gasteiger partial charge in [0.15, 0.2) is 6.10 Å². The number of ether oxygens (including phenoxy) is 2. The first kappa shape index (κ1) is 34.3. The van der Waals surface area contributed by atoms with E-state index in [0.717, 1.165) is 6.07 Å². The highest BCUT2D eigenvalue weighted by atomic mass is 35.5. The van der Waals surface area contributed by atoms with Crippen LogP contribution in [0.15, 0.2) is 36.4 Å². The Kier molecular flexibility index (Phi) is 10.8. The molecule has 0 radical (unpaired) electrons. The average Bonchev–Trinajstić information content (AvgIpc) is 2.96. The lowest BCUT2D eigenvalue weighted by molar-refractivity contribution is -0.138. The van der Waals surface area contributed by atoms with Crippen molar-refractivity contribution in [1.82, 2.24) is 9.80 Å². The van der Waals surface area contributed by atoms with E-state index in [1.807, 2.05) is 4.90 Å². The number of morpholine rings is 1. The first-order valence-corrected chi connectivity index (χ1v) is 14.8. The molecule has 2 saturated heterocycles. The summed E-state index contributed by atoms with van der Waals surface area (Å²) >= 11 is 6.20. The maximum absolute atomic E-state index is 15.1. The monoisotopic (exact) mass is 657 g/mol. The second kappa shape index (κ2) is 14.2. The predicted molar refractivity (Wildman–Crippen MR) is 161 cm³/mol. The first-order chi connectivity index (χ1) is 21.1. The zero-order valence-corrected chi connectivity index (χ0v) is 25.9. The van der Waals surface area contributed by atoms with E-state index in [-0.39, 0.29) is 37.5 Å². The molecule has 2 fully saturated rings. The second-order valence-electron chi connectivity index (χ2n) is 11.8. The van der Waals surface area contributed by atoms with E-state index in [1.54, 1.807) is 43.9 Å². The minimum atomic E-state index is -4.23. The van der Waals surface area contributed by atoms with Crippen molar-refractivity contribution in [3.05, 3.63) is 52.8 Å². The van der Waals surface area contributed by atoms with Gasteiger partial charge in [-0.1, -0.05) is 11.6 Å².